The van der Waals surface area contributed by atoms with Gasteiger partial charge < -0.3 is 0 Å². The van der Waals surface area contributed by atoms with Gasteiger partial charge in [0.1, 0.15) is 0 Å². The first-order valence-corrected chi connectivity index (χ1v) is 21.2. The van der Waals surface area contributed by atoms with E-state index in [0.29, 0.717) is 17.6 Å². The van der Waals surface area contributed by atoms with E-state index < -0.39 is 5.41 Å². The minimum Gasteiger partial charge on any atom is -0.278 e. The van der Waals surface area contributed by atoms with Crippen molar-refractivity contribution in [3.8, 4) is 73.2 Å². The SMILES string of the molecule is c1ccc(-c2ccc(-c3nc(-c4ccccc4)nc(-n4c5ccccc5c5cc(-c6ccc7c(c6)C6(c8ccccc8-c8ccccc86)c6ccccc6-7)ccc54)n3)cc2)cc1. The van der Waals surface area contributed by atoms with Gasteiger partial charge in [-0.25, -0.2) is 4.98 Å². The molecule has 0 aliphatic heterocycles. The molecule has 1 spiro atoms. The zero-order valence-electron chi connectivity index (χ0n) is 33.6. The lowest BCUT2D eigenvalue weighted by atomic mass is 9.70. The second-order valence-electron chi connectivity index (χ2n) is 16.3. The third kappa shape index (κ3) is 4.98. The maximum Gasteiger partial charge on any atom is 0.238 e. The van der Waals surface area contributed by atoms with Crippen LogP contribution in [-0.2, 0) is 5.41 Å². The van der Waals surface area contributed by atoms with Crippen LogP contribution in [0.5, 0.6) is 0 Å². The van der Waals surface area contributed by atoms with Crippen molar-refractivity contribution in [2.75, 3.05) is 0 Å². The van der Waals surface area contributed by atoms with Gasteiger partial charge >= 0.3 is 0 Å². The van der Waals surface area contributed by atoms with Crippen molar-refractivity contribution >= 4 is 21.8 Å². The molecule has 9 aromatic carbocycles. The van der Waals surface area contributed by atoms with Gasteiger partial charge in [-0.2, -0.15) is 9.97 Å². The molecule has 62 heavy (non-hydrogen) atoms. The van der Waals surface area contributed by atoms with E-state index in [1.807, 2.05) is 24.3 Å². The third-order valence-corrected chi connectivity index (χ3v) is 13.1. The molecule has 2 aromatic heterocycles. The molecule has 4 heteroatoms. The van der Waals surface area contributed by atoms with Crippen LogP contribution >= 0.6 is 0 Å². The molecule has 0 amide bonds. The summed E-state index contributed by atoms with van der Waals surface area (Å²) in [5, 5.41) is 2.28. The Morgan fingerprint density at radius 2 is 0.726 bits per heavy atom. The maximum absolute atomic E-state index is 5.23. The van der Waals surface area contributed by atoms with Crippen LogP contribution in [0.3, 0.4) is 0 Å². The highest BCUT2D eigenvalue weighted by Crippen LogP contribution is 2.63. The Kier molecular flexibility index (Phi) is 7.49. The normalized spacial score (nSPS) is 13.0. The number of rotatable bonds is 5. The van der Waals surface area contributed by atoms with Gasteiger partial charge in [0.25, 0.3) is 0 Å². The molecule has 0 atom stereocenters. The molecule has 0 fully saturated rings. The summed E-state index contributed by atoms with van der Waals surface area (Å²) in [6.45, 7) is 0. The maximum atomic E-state index is 5.23. The van der Waals surface area contributed by atoms with Crippen molar-refractivity contribution in [1.82, 2.24) is 19.5 Å². The highest BCUT2D eigenvalue weighted by molar-refractivity contribution is 6.10. The zero-order chi connectivity index (χ0) is 40.8. The Hall–Kier alpha value is -8.21. The largest absolute Gasteiger partial charge is 0.278 e. The molecule has 288 valence electrons. The molecule has 4 nitrogen and oxygen atoms in total. The summed E-state index contributed by atoms with van der Waals surface area (Å²) in [4.78, 5) is 15.5. The van der Waals surface area contributed by atoms with E-state index in [2.05, 4.69) is 199 Å². The van der Waals surface area contributed by atoms with Gasteiger partial charge in [-0.05, 0) is 91.0 Å². The fourth-order valence-electron chi connectivity index (χ4n) is 10.4. The van der Waals surface area contributed by atoms with E-state index in [4.69, 9.17) is 15.0 Å². The number of para-hydroxylation sites is 1. The summed E-state index contributed by atoms with van der Waals surface area (Å²) in [5.41, 5.74) is 18.8. The number of fused-ring (bicyclic) bond motifs is 13. The van der Waals surface area contributed by atoms with Crippen molar-refractivity contribution in [1.29, 1.82) is 0 Å². The van der Waals surface area contributed by atoms with Crippen molar-refractivity contribution in [2.45, 2.75) is 5.41 Å². The summed E-state index contributed by atoms with van der Waals surface area (Å²) < 4.78 is 2.20. The monoisotopic (exact) mass is 788 g/mol. The number of hydrogen-bond acceptors (Lipinski definition) is 3. The molecule has 0 saturated heterocycles. The third-order valence-electron chi connectivity index (χ3n) is 13.1. The van der Waals surface area contributed by atoms with Crippen molar-refractivity contribution < 1.29 is 0 Å². The predicted molar refractivity (Wildman–Crippen MR) is 252 cm³/mol. The molecule has 11 aromatic rings. The van der Waals surface area contributed by atoms with Gasteiger partial charge in [-0.15, -0.1) is 0 Å². The number of benzene rings is 9. The fraction of sp³-hybridized carbons (Fsp3) is 0.0172. The van der Waals surface area contributed by atoms with Gasteiger partial charge in [0, 0.05) is 21.9 Å². The van der Waals surface area contributed by atoms with E-state index >= 15 is 0 Å². The predicted octanol–water partition coefficient (Wildman–Crippen LogP) is 14.0. The Bertz CT molecular complexity index is 3500. The van der Waals surface area contributed by atoms with Crippen molar-refractivity contribution in [3.63, 3.8) is 0 Å². The molecule has 0 bridgehead atoms. The standard InChI is InChI=1S/C58H36N4/c1-3-15-37(16-4-1)38-27-29-40(30-28-38)56-59-55(39-17-5-2-6-18-39)60-57(61-56)62-53-26-14-10-22-47(53)48-35-41(32-34-54(48)62)42-31-33-46-45-21-9-13-25-51(45)58(52(46)36-42)49-23-11-7-19-43(49)44-20-8-12-24-50(44)58/h1-36H. The molecule has 0 radical (unpaired) electrons. The lowest BCUT2D eigenvalue weighted by Crippen LogP contribution is -2.25. The molecular weight excluding hydrogens is 753 g/mol. The van der Waals surface area contributed by atoms with Crippen LogP contribution in [0.2, 0.25) is 0 Å². The zero-order valence-corrected chi connectivity index (χ0v) is 33.6. The summed E-state index contributed by atoms with van der Waals surface area (Å²) in [7, 11) is 0. The fourth-order valence-corrected chi connectivity index (χ4v) is 10.4. The lowest BCUT2D eigenvalue weighted by Gasteiger charge is -2.30. The van der Waals surface area contributed by atoms with E-state index in [1.54, 1.807) is 0 Å². The smallest absolute Gasteiger partial charge is 0.238 e. The Balaban J connectivity index is 0.985. The van der Waals surface area contributed by atoms with Crippen molar-refractivity contribution in [2.24, 2.45) is 0 Å². The molecule has 2 heterocycles. The van der Waals surface area contributed by atoms with Crippen LogP contribution in [0.4, 0.5) is 0 Å². The first kappa shape index (κ1) is 34.6. The van der Waals surface area contributed by atoms with E-state index in [-0.39, 0.29) is 0 Å². The summed E-state index contributed by atoms with van der Waals surface area (Å²) in [6.07, 6.45) is 0. The van der Waals surface area contributed by atoms with E-state index in [1.165, 1.54) is 55.6 Å². The molecule has 13 rings (SSSR count). The van der Waals surface area contributed by atoms with Crippen LogP contribution in [0.1, 0.15) is 22.3 Å². The number of aromatic nitrogens is 4. The van der Waals surface area contributed by atoms with Crippen LogP contribution in [0.25, 0.3) is 95.0 Å². The summed E-state index contributed by atoms with van der Waals surface area (Å²) >= 11 is 0. The van der Waals surface area contributed by atoms with Gasteiger partial charge in [0.2, 0.25) is 5.95 Å². The Labute approximate surface area is 359 Å². The second kappa shape index (κ2) is 13.4. The van der Waals surface area contributed by atoms with E-state index in [9.17, 15) is 0 Å². The average molecular weight is 789 g/mol. The second-order valence-corrected chi connectivity index (χ2v) is 16.3. The average Bonchev–Trinajstić information content (AvgIpc) is 3.96. The topological polar surface area (TPSA) is 43.6 Å². The van der Waals surface area contributed by atoms with Crippen LogP contribution < -0.4 is 0 Å². The van der Waals surface area contributed by atoms with Gasteiger partial charge in [0.15, 0.2) is 11.6 Å². The van der Waals surface area contributed by atoms with Crippen molar-refractivity contribution in [3.05, 3.63) is 241 Å². The highest BCUT2D eigenvalue weighted by Gasteiger charge is 2.51. The van der Waals surface area contributed by atoms with Gasteiger partial charge in [-0.1, -0.05) is 194 Å². The van der Waals surface area contributed by atoms with Gasteiger partial charge in [0.05, 0.1) is 16.4 Å². The molecule has 0 saturated carbocycles. The van der Waals surface area contributed by atoms with Crippen LogP contribution in [-0.4, -0.2) is 19.5 Å². The number of hydrogen-bond donors (Lipinski definition) is 0. The quantitative estimate of drug-likeness (QED) is 0.174. The van der Waals surface area contributed by atoms with Crippen LogP contribution in [0, 0.1) is 0 Å². The van der Waals surface area contributed by atoms with Gasteiger partial charge in [-0.3, -0.25) is 4.57 Å². The lowest BCUT2D eigenvalue weighted by molar-refractivity contribution is 0.794. The molecule has 0 N–H and O–H groups in total. The Morgan fingerprint density at radius 1 is 0.290 bits per heavy atom. The Morgan fingerprint density at radius 3 is 1.37 bits per heavy atom. The molecule has 2 aliphatic rings. The van der Waals surface area contributed by atoms with E-state index in [0.717, 1.165) is 44.1 Å². The van der Waals surface area contributed by atoms with Crippen LogP contribution in [0.15, 0.2) is 218 Å². The molecule has 0 unspecified atom stereocenters. The highest BCUT2D eigenvalue weighted by atomic mass is 15.2. The summed E-state index contributed by atoms with van der Waals surface area (Å²) in [5.74, 6) is 1.83. The summed E-state index contributed by atoms with van der Waals surface area (Å²) in [6, 6.07) is 78.6. The number of nitrogens with zero attached hydrogens (tertiary/aromatic N) is 4. The molecular formula is C58H36N4. The minimum absolute atomic E-state index is 0.399. The minimum atomic E-state index is -0.399. The molecule has 2 aliphatic carbocycles. The first-order chi connectivity index (χ1) is 30.7. The first-order valence-electron chi connectivity index (χ1n) is 21.2.